The Kier molecular flexibility index (Phi) is 4.39. The summed E-state index contributed by atoms with van der Waals surface area (Å²) >= 11 is 2.87. The van der Waals surface area contributed by atoms with Gasteiger partial charge in [0.1, 0.15) is 4.60 Å². The van der Waals surface area contributed by atoms with Crippen molar-refractivity contribution in [2.24, 2.45) is 5.92 Å². The zero-order valence-electron chi connectivity index (χ0n) is 11.1. The molecular formula is C13H15BrF3N3. The van der Waals surface area contributed by atoms with Crippen LogP contribution in [0.4, 0.5) is 13.2 Å². The van der Waals surface area contributed by atoms with Crippen LogP contribution in [0.5, 0.6) is 0 Å². The molecule has 1 aliphatic heterocycles. The first-order valence-corrected chi connectivity index (χ1v) is 6.97. The van der Waals surface area contributed by atoms with E-state index in [0.717, 1.165) is 12.6 Å². The predicted octanol–water partition coefficient (Wildman–Crippen LogP) is 3.72. The van der Waals surface area contributed by atoms with Gasteiger partial charge in [-0.25, -0.2) is 10.4 Å². The lowest BCUT2D eigenvalue weighted by molar-refractivity contribution is -0.138. The van der Waals surface area contributed by atoms with Gasteiger partial charge in [0, 0.05) is 12.7 Å². The molecular weight excluding hydrogens is 335 g/mol. The van der Waals surface area contributed by atoms with E-state index in [0.29, 0.717) is 18.2 Å². The third kappa shape index (κ3) is 3.52. The highest BCUT2D eigenvalue weighted by Crippen LogP contribution is 2.33. The van der Waals surface area contributed by atoms with E-state index in [-0.39, 0.29) is 4.60 Å². The summed E-state index contributed by atoms with van der Waals surface area (Å²) in [5, 5.41) is 1.94. The highest BCUT2D eigenvalue weighted by Gasteiger charge is 2.33. The summed E-state index contributed by atoms with van der Waals surface area (Å²) < 4.78 is 37.6. The van der Waals surface area contributed by atoms with Gasteiger partial charge in [-0.3, -0.25) is 0 Å². The second-order valence-electron chi connectivity index (χ2n) is 4.90. The Balaban J connectivity index is 2.00. The van der Waals surface area contributed by atoms with Crippen molar-refractivity contribution in [1.82, 2.24) is 15.4 Å². The summed E-state index contributed by atoms with van der Waals surface area (Å²) in [6.07, 6.45) is -2.38. The first-order valence-electron chi connectivity index (χ1n) is 6.18. The molecule has 7 heteroatoms. The maximum atomic E-state index is 12.6. The first-order chi connectivity index (χ1) is 9.27. The summed E-state index contributed by atoms with van der Waals surface area (Å²) in [5.74, 6) is 0.481. The summed E-state index contributed by atoms with van der Waals surface area (Å²) in [4.78, 5) is 3.93. The van der Waals surface area contributed by atoms with Crippen LogP contribution < -0.4 is 5.43 Å². The van der Waals surface area contributed by atoms with Crippen molar-refractivity contribution in [3.8, 4) is 0 Å². The van der Waals surface area contributed by atoms with E-state index in [9.17, 15) is 13.2 Å². The van der Waals surface area contributed by atoms with Crippen molar-refractivity contribution >= 4 is 15.9 Å². The Hall–Kier alpha value is -1.08. The standard InChI is InChI=1S/C13H15BrF3N3/c1-8-6-20(7-9(8)2)18-5-10-3-4-11(12(14)19-10)13(15,16)17/h3-4,6,9,18H,5,7H2,1-2H3. The van der Waals surface area contributed by atoms with Crippen molar-refractivity contribution in [2.75, 3.05) is 6.54 Å². The van der Waals surface area contributed by atoms with E-state index < -0.39 is 11.7 Å². The van der Waals surface area contributed by atoms with Gasteiger partial charge in [-0.15, -0.1) is 0 Å². The lowest BCUT2D eigenvalue weighted by atomic mass is 10.1. The lowest BCUT2D eigenvalue weighted by Gasteiger charge is -2.18. The van der Waals surface area contributed by atoms with Crippen LogP contribution in [0.25, 0.3) is 0 Å². The molecule has 3 nitrogen and oxygen atoms in total. The summed E-state index contributed by atoms with van der Waals surface area (Å²) in [6.45, 7) is 5.42. The Morgan fingerprint density at radius 3 is 2.65 bits per heavy atom. The number of hydrazine groups is 1. The molecule has 1 aliphatic rings. The molecule has 0 spiro atoms. The van der Waals surface area contributed by atoms with Crippen molar-refractivity contribution in [3.63, 3.8) is 0 Å². The molecule has 2 heterocycles. The fourth-order valence-corrected chi connectivity index (χ4v) is 2.52. The van der Waals surface area contributed by atoms with Gasteiger partial charge in [-0.2, -0.15) is 13.2 Å². The number of hydrogen-bond acceptors (Lipinski definition) is 3. The third-order valence-corrected chi connectivity index (χ3v) is 3.89. The minimum absolute atomic E-state index is 0.175. The number of rotatable bonds is 3. The highest BCUT2D eigenvalue weighted by atomic mass is 79.9. The number of halogens is 4. The molecule has 20 heavy (non-hydrogen) atoms. The summed E-state index contributed by atoms with van der Waals surface area (Å²) in [7, 11) is 0. The number of nitrogens with zero attached hydrogens (tertiary/aromatic N) is 2. The van der Waals surface area contributed by atoms with E-state index in [1.807, 2.05) is 11.2 Å². The second-order valence-corrected chi connectivity index (χ2v) is 5.65. The minimum Gasteiger partial charge on any atom is -0.315 e. The predicted molar refractivity (Wildman–Crippen MR) is 73.4 cm³/mol. The second kappa shape index (κ2) is 5.73. The van der Waals surface area contributed by atoms with E-state index in [1.165, 1.54) is 11.6 Å². The van der Waals surface area contributed by atoms with Crippen LogP contribution in [-0.2, 0) is 12.7 Å². The van der Waals surface area contributed by atoms with E-state index in [2.05, 4.69) is 40.2 Å². The van der Waals surface area contributed by atoms with Crippen LogP contribution >= 0.6 is 15.9 Å². The van der Waals surface area contributed by atoms with Crippen LogP contribution in [0.1, 0.15) is 25.1 Å². The van der Waals surface area contributed by atoms with Gasteiger partial charge < -0.3 is 5.01 Å². The van der Waals surface area contributed by atoms with Crippen LogP contribution in [0.2, 0.25) is 0 Å². The Labute approximate surface area is 124 Å². The normalized spacial score (nSPS) is 19.4. The molecule has 1 unspecified atom stereocenters. The van der Waals surface area contributed by atoms with Crippen molar-refractivity contribution in [1.29, 1.82) is 0 Å². The molecule has 1 aromatic rings. The molecule has 1 N–H and O–H groups in total. The molecule has 1 atom stereocenters. The average molecular weight is 350 g/mol. The van der Waals surface area contributed by atoms with Gasteiger partial charge in [0.2, 0.25) is 0 Å². The average Bonchev–Trinajstić information content (AvgIpc) is 2.65. The quantitative estimate of drug-likeness (QED) is 0.843. The van der Waals surface area contributed by atoms with E-state index in [4.69, 9.17) is 0 Å². The molecule has 110 valence electrons. The summed E-state index contributed by atoms with van der Waals surface area (Å²) in [6, 6.07) is 2.43. The number of nitrogens with one attached hydrogen (secondary N) is 1. The monoisotopic (exact) mass is 349 g/mol. The third-order valence-electron chi connectivity index (χ3n) is 3.28. The fourth-order valence-electron chi connectivity index (χ4n) is 1.94. The number of pyridine rings is 1. The van der Waals surface area contributed by atoms with Crippen molar-refractivity contribution in [3.05, 3.63) is 39.8 Å². The van der Waals surface area contributed by atoms with Gasteiger partial charge in [-0.1, -0.05) is 12.5 Å². The molecule has 0 saturated heterocycles. The van der Waals surface area contributed by atoms with E-state index in [1.54, 1.807) is 0 Å². The molecule has 0 aromatic carbocycles. The van der Waals surface area contributed by atoms with E-state index >= 15 is 0 Å². The van der Waals surface area contributed by atoms with Gasteiger partial charge in [0.15, 0.2) is 0 Å². The summed E-state index contributed by atoms with van der Waals surface area (Å²) in [5.41, 5.74) is 4.21. The van der Waals surface area contributed by atoms with Crippen molar-refractivity contribution < 1.29 is 13.2 Å². The first kappa shape index (κ1) is 15.3. The van der Waals surface area contributed by atoms with Crippen LogP contribution in [0.15, 0.2) is 28.5 Å². The Bertz CT molecular complexity index is 528. The number of alkyl halides is 3. The molecule has 0 fully saturated rings. The fraction of sp³-hybridized carbons (Fsp3) is 0.462. The molecule has 0 saturated carbocycles. The lowest BCUT2D eigenvalue weighted by Crippen LogP contribution is -2.32. The SMILES string of the molecule is CC1=CN(NCc2ccc(C(F)(F)F)c(Br)n2)CC1C. The highest BCUT2D eigenvalue weighted by molar-refractivity contribution is 9.10. The van der Waals surface area contributed by atoms with Crippen LogP contribution in [-0.4, -0.2) is 16.5 Å². The number of hydrogen-bond donors (Lipinski definition) is 1. The topological polar surface area (TPSA) is 28.2 Å². The molecule has 2 rings (SSSR count). The molecule has 0 aliphatic carbocycles. The minimum atomic E-state index is -4.39. The number of aromatic nitrogens is 1. The van der Waals surface area contributed by atoms with Gasteiger partial charge in [0.05, 0.1) is 17.8 Å². The zero-order chi connectivity index (χ0) is 14.9. The van der Waals surface area contributed by atoms with Crippen LogP contribution in [0, 0.1) is 5.92 Å². The largest absolute Gasteiger partial charge is 0.419 e. The van der Waals surface area contributed by atoms with Gasteiger partial charge in [-0.05, 0) is 40.9 Å². The van der Waals surface area contributed by atoms with Crippen LogP contribution in [0.3, 0.4) is 0 Å². The Morgan fingerprint density at radius 1 is 1.45 bits per heavy atom. The molecule has 0 bridgehead atoms. The zero-order valence-corrected chi connectivity index (χ0v) is 12.7. The maximum absolute atomic E-state index is 12.6. The molecule has 1 aromatic heterocycles. The maximum Gasteiger partial charge on any atom is 0.419 e. The Morgan fingerprint density at radius 2 is 2.15 bits per heavy atom. The van der Waals surface area contributed by atoms with Crippen molar-refractivity contribution in [2.45, 2.75) is 26.6 Å². The molecule has 0 amide bonds. The molecule has 0 radical (unpaired) electrons. The van der Waals surface area contributed by atoms with Gasteiger partial charge >= 0.3 is 6.18 Å². The smallest absolute Gasteiger partial charge is 0.315 e. The van der Waals surface area contributed by atoms with Gasteiger partial charge in [0.25, 0.3) is 0 Å².